The number of rotatable bonds is 45. The highest BCUT2D eigenvalue weighted by molar-refractivity contribution is 7.12. The molecule has 1 aromatic carbocycles. The van der Waals surface area contributed by atoms with Crippen LogP contribution in [0.2, 0.25) is 0 Å². The van der Waals surface area contributed by atoms with Gasteiger partial charge in [0, 0.05) is 32.8 Å². The van der Waals surface area contributed by atoms with Gasteiger partial charge in [0.15, 0.2) is 41.5 Å². The number of benzene rings is 1. The van der Waals surface area contributed by atoms with Crippen molar-refractivity contribution in [2.75, 3.05) is 52.1 Å². The Morgan fingerprint density at radius 3 is 1.72 bits per heavy atom. The molecule has 117 heavy (non-hydrogen) atoms. The van der Waals surface area contributed by atoms with Crippen LogP contribution in [0.15, 0.2) is 41.8 Å². The second-order valence-electron chi connectivity index (χ2n) is 29.3. The van der Waals surface area contributed by atoms with Gasteiger partial charge in [-0.1, -0.05) is 96.8 Å². The van der Waals surface area contributed by atoms with Crippen molar-refractivity contribution in [1.82, 2.24) is 16.0 Å². The molecule has 6 heterocycles. The molecule has 666 valence electrons. The largest absolute Gasteiger partial charge is 0.477 e. The third-order valence-corrected chi connectivity index (χ3v) is 21.4. The average Bonchev–Trinajstić information content (AvgIpc) is 0.998. The summed E-state index contributed by atoms with van der Waals surface area (Å²) in [6, 6.07) is -2.02. The summed E-state index contributed by atoms with van der Waals surface area (Å²) in [6.45, 7) is -2.78. The number of ether oxygens (including phenoxy) is 12. The molecule has 7 rings (SSSR count). The molecule has 5 fully saturated rings. The van der Waals surface area contributed by atoms with Gasteiger partial charge >= 0.3 is 18.1 Å². The van der Waals surface area contributed by atoms with E-state index in [0.29, 0.717) is 31.1 Å². The van der Waals surface area contributed by atoms with Gasteiger partial charge in [0.2, 0.25) is 23.6 Å². The van der Waals surface area contributed by atoms with Gasteiger partial charge in [-0.05, 0) is 42.1 Å². The average molecular weight is 1710 g/mol. The number of anilines is 1. The maximum absolute atomic E-state index is 14.1. The molecule has 5 aliphatic heterocycles. The van der Waals surface area contributed by atoms with Crippen molar-refractivity contribution in [3.63, 3.8) is 0 Å². The Morgan fingerprint density at radius 2 is 1.15 bits per heavy atom. The maximum atomic E-state index is 14.1. The molecular weight excluding hydrogens is 1590 g/mol. The minimum Gasteiger partial charge on any atom is -0.477 e. The van der Waals surface area contributed by atoms with Crippen LogP contribution in [0.3, 0.4) is 0 Å². The summed E-state index contributed by atoms with van der Waals surface area (Å²) in [7, 11) is 1.09. The van der Waals surface area contributed by atoms with Gasteiger partial charge in [-0.15, -0.1) is 11.3 Å². The first-order valence-electron chi connectivity index (χ1n) is 38.8. The lowest BCUT2D eigenvalue weighted by molar-refractivity contribution is -0.403. The lowest BCUT2D eigenvalue weighted by Gasteiger charge is -2.52. The standard InChI is InChI=1S/C74H113F3N4O35S/c1-5-6-7-8-9-10-11-12-13-14-15-16-17-18-19-20-49(92)81-39(40(89)22-24-50(93)80-38-27-37(74(75,76)77)21-23-43(38)107-44-25-26-117-66(44)67(102)105-4)34-106-69-59(100)57(98)61(47(32-85)110-69)112-71-60(101)65(116-73(72(103)104)28-41(90)51(78-35(2)87)64(115-73)53(94)42(91)29-82)62(48(33-86)111-71)113-68-52(79-36(3)88)63(55(96)46(31-84)108-68)114-70-58(99)56(97)54(95)45(30-83)109-70/h21-27,39-42,45-48,51-65,68-71,82-86,89-91,94-101H,5-20,28-34H2,1-4H3,(H,78,87)(H,79,88)(H,80,93)(H,81,92)(H,103,104)/b24-22+/t39-,40+,41-,42+,45+,46+,47+,48+,51?,52+,53+,54-,55-,56-,57+,58+,59+,60+,61+,62-,63+,64?,65+,68-,69+,70-,71-,73-/m0/s1. The second-order valence-corrected chi connectivity index (χ2v) is 30.2. The molecule has 0 saturated carbocycles. The highest BCUT2D eigenvalue weighted by atomic mass is 32.1. The zero-order valence-corrected chi connectivity index (χ0v) is 65.7. The van der Waals surface area contributed by atoms with Crippen molar-refractivity contribution in [3.8, 4) is 11.5 Å². The van der Waals surface area contributed by atoms with Gasteiger partial charge in [0.1, 0.15) is 116 Å². The number of halogens is 3. The van der Waals surface area contributed by atoms with E-state index >= 15 is 0 Å². The SMILES string of the molecule is CCCCCCCCCCCCCCCCCC(=O)N[C@@H](CO[C@@H]1O[C@H](CO)[C@@H](O[C@@H]2O[C@H](CO)[C@H](O[C@@H]3O[C@H](CO)[C@H](O)[C@H](O[C@@H]4O[C@H](CO)[C@H](O)[C@H](O)[C@H]4O)[C@H]3NC(C)=O)[C@H](O[C@]3(C(=O)O)C[C@H](O)C(NC(C)=O)C([C@H](O)[C@H](O)CO)O3)[C@H]2O)[C@H](O)[C@H]1O)[C@H](O)/C=C/C(=O)Nc1cc(C(F)(F)F)ccc1Oc1ccsc1C(=O)OC. The third-order valence-electron chi connectivity index (χ3n) is 20.5. The number of thiophene rings is 1. The van der Waals surface area contributed by atoms with Gasteiger partial charge in [0.05, 0.1) is 82.3 Å². The summed E-state index contributed by atoms with van der Waals surface area (Å²) in [5.41, 5.74) is -1.79. The van der Waals surface area contributed by atoms with Crippen molar-refractivity contribution in [1.29, 1.82) is 0 Å². The molecule has 28 atom stereocenters. The molecule has 0 aliphatic carbocycles. The highest BCUT2D eigenvalue weighted by Gasteiger charge is 2.62. The Morgan fingerprint density at radius 1 is 0.615 bits per heavy atom. The molecule has 5 saturated heterocycles. The van der Waals surface area contributed by atoms with E-state index in [2.05, 4.69) is 28.2 Å². The third kappa shape index (κ3) is 26.8. The summed E-state index contributed by atoms with van der Waals surface area (Å²) in [5, 5.41) is 201. The number of carbonyl (C=O) groups excluding carboxylic acids is 5. The van der Waals surface area contributed by atoms with Crippen molar-refractivity contribution in [2.24, 2.45) is 0 Å². The Kier molecular flexibility index (Phi) is 39.3. The van der Waals surface area contributed by atoms with Crippen LogP contribution < -0.4 is 26.0 Å². The number of aliphatic hydroxyl groups excluding tert-OH is 16. The molecule has 39 nitrogen and oxygen atoms in total. The fourth-order valence-electron chi connectivity index (χ4n) is 14.1. The molecule has 4 amide bonds. The summed E-state index contributed by atoms with van der Waals surface area (Å²) >= 11 is 0.888. The van der Waals surface area contributed by atoms with E-state index in [-0.39, 0.29) is 22.8 Å². The molecule has 1 aromatic heterocycles. The summed E-state index contributed by atoms with van der Waals surface area (Å²) in [5.74, 6) is -10.8. The van der Waals surface area contributed by atoms with Gasteiger partial charge in [-0.2, -0.15) is 13.2 Å². The molecule has 43 heteroatoms. The molecule has 21 N–H and O–H groups in total. The number of nitrogens with one attached hydrogen (secondary N) is 4. The first-order chi connectivity index (χ1) is 55.6. The van der Waals surface area contributed by atoms with Crippen molar-refractivity contribution >= 4 is 52.6 Å². The zero-order valence-electron chi connectivity index (χ0n) is 64.9. The zero-order chi connectivity index (χ0) is 86.2. The normalized spacial score (nSPS) is 32.6. The second kappa shape index (κ2) is 46.9. The fourth-order valence-corrected chi connectivity index (χ4v) is 14.9. The first-order valence-corrected chi connectivity index (χ1v) is 39.7. The first kappa shape index (κ1) is 98.1. The number of esters is 1. The Bertz CT molecular complexity index is 3440. The Hall–Kier alpha value is -5.97. The monoisotopic (exact) mass is 1710 g/mol. The van der Waals surface area contributed by atoms with Crippen molar-refractivity contribution in [2.45, 2.75) is 307 Å². The quantitative estimate of drug-likeness (QED) is 0.0186. The number of hydrogen-bond acceptors (Lipinski definition) is 35. The van der Waals surface area contributed by atoms with Crippen LogP contribution in [-0.4, -0.2) is 340 Å². The van der Waals surface area contributed by atoms with Crippen LogP contribution >= 0.6 is 11.3 Å². The van der Waals surface area contributed by atoms with Crippen LogP contribution in [0.25, 0.3) is 0 Å². The van der Waals surface area contributed by atoms with E-state index in [1.165, 1.54) is 56.4 Å². The lowest BCUT2D eigenvalue weighted by atomic mass is 9.88. The van der Waals surface area contributed by atoms with Crippen LogP contribution in [-0.2, 0) is 82.3 Å². The van der Waals surface area contributed by atoms with E-state index in [0.717, 1.165) is 83.0 Å². The number of carboxylic acids is 1. The molecule has 0 radical (unpaired) electrons. The number of methoxy groups -OCH3 is 1. The predicted molar refractivity (Wildman–Crippen MR) is 393 cm³/mol. The number of amides is 4. The maximum Gasteiger partial charge on any atom is 0.416 e. The van der Waals surface area contributed by atoms with E-state index in [1.807, 2.05) is 0 Å². The summed E-state index contributed by atoms with van der Waals surface area (Å²) in [4.78, 5) is 79.2. The Labute approximate surface area is 674 Å². The number of aliphatic hydroxyl groups is 16. The molecule has 0 spiro atoms. The minimum atomic E-state index is -4.94. The molecular formula is C74H113F3N4O35S. The van der Waals surface area contributed by atoms with Crippen molar-refractivity contribution < 1.29 is 186 Å². The molecule has 5 aliphatic rings. The highest BCUT2D eigenvalue weighted by Crippen LogP contribution is 2.43. The topological polar surface area (TPSA) is 605 Å². The smallest absolute Gasteiger partial charge is 0.416 e. The van der Waals surface area contributed by atoms with Gasteiger partial charge in [-0.3, -0.25) is 19.2 Å². The van der Waals surface area contributed by atoms with Gasteiger partial charge < -0.3 is 165 Å². The summed E-state index contributed by atoms with van der Waals surface area (Å²) in [6.07, 6.45) is -41.7. The van der Waals surface area contributed by atoms with Crippen LogP contribution in [0.4, 0.5) is 18.9 Å². The number of alkyl halides is 3. The molecule has 2 unspecified atom stereocenters. The van der Waals surface area contributed by atoms with E-state index < -0.39 is 270 Å². The Balaban J connectivity index is 1.16. The van der Waals surface area contributed by atoms with Crippen molar-refractivity contribution in [3.05, 3.63) is 52.2 Å². The number of hydrogen-bond donors (Lipinski definition) is 21. The van der Waals surface area contributed by atoms with Crippen LogP contribution in [0, 0.1) is 0 Å². The number of carbonyl (C=O) groups is 6. The van der Waals surface area contributed by atoms with Gasteiger partial charge in [0.25, 0.3) is 5.79 Å². The van der Waals surface area contributed by atoms with Crippen LogP contribution in [0.1, 0.15) is 145 Å². The van der Waals surface area contributed by atoms with Gasteiger partial charge in [-0.25, -0.2) is 9.59 Å². The molecule has 0 bridgehead atoms. The number of unbranched alkanes of at least 4 members (excludes halogenated alkanes) is 14. The number of carboxylic acid groups (broad SMARTS) is 1. The lowest BCUT2D eigenvalue weighted by Crippen LogP contribution is -2.72. The van der Waals surface area contributed by atoms with E-state index in [4.69, 9.17) is 56.8 Å². The van der Waals surface area contributed by atoms with E-state index in [9.17, 15) is 129 Å². The molecule has 2 aromatic rings. The summed E-state index contributed by atoms with van der Waals surface area (Å²) < 4.78 is 112. The minimum absolute atomic E-state index is 0.0747. The van der Waals surface area contributed by atoms with Crippen LogP contribution in [0.5, 0.6) is 11.5 Å². The fraction of sp³-hybridized carbons (Fsp3) is 0.757. The predicted octanol–water partition coefficient (Wildman–Crippen LogP) is -2.45. The van der Waals surface area contributed by atoms with E-state index in [1.54, 1.807) is 0 Å². The number of aliphatic carboxylic acids is 1.